The van der Waals surface area contributed by atoms with Crippen molar-refractivity contribution in [2.75, 3.05) is 5.75 Å². The number of benzene rings is 1. The second-order valence-electron chi connectivity index (χ2n) is 8.11. The molecule has 1 aromatic heterocycles. The van der Waals surface area contributed by atoms with Crippen molar-refractivity contribution in [1.82, 2.24) is 10.3 Å². The van der Waals surface area contributed by atoms with Crippen molar-refractivity contribution in [1.29, 1.82) is 0 Å². The number of pyridine rings is 1. The molecule has 1 spiro atoms. The number of rotatable bonds is 0. The molecule has 0 saturated heterocycles. The van der Waals surface area contributed by atoms with Gasteiger partial charge in [-0.15, -0.1) is 0 Å². The monoisotopic (exact) mass is 475 g/mol. The standard InChI is InChI=1S/C21H22BrN3O3S/c1-12-5-6-16-14(9-12)21(15-10-13(22)11-23-17(15)27-16)7-8-29-18(25-21)24-19(26)28-20(2,3)4/h5-6,9-11H,7-8H2,1-4H3,(H,24,25,26). The first kappa shape index (κ1) is 20.2. The zero-order valence-corrected chi connectivity index (χ0v) is 19.1. The van der Waals surface area contributed by atoms with Gasteiger partial charge >= 0.3 is 6.09 Å². The van der Waals surface area contributed by atoms with Crippen LogP contribution in [0.15, 0.2) is 39.9 Å². The van der Waals surface area contributed by atoms with Crippen LogP contribution in [0.2, 0.25) is 0 Å². The fourth-order valence-electron chi connectivity index (χ4n) is 3.51. The molecule has 8 heteroatoms. The number of hydrogen-bond donors (Lipinski definition) is 1. The van der Waals surface area contributed by atoms with Crippen LogP contribution in [0.3, 0.4) is 0 Å². The Morgan fingerprint density at radius 2 is 2.10 bits per heavy atom. The van der Waals surface area contributed by atoms with Gasteiger partial charge in [-0.1, -0.05) is 23.4 Å². The van der Waals surface area contributed by atoms with Crippen LogP contribution >= 0.6 is 27.7 Å². The highest BCUT2D eigenvalue weighted by atomic mass is 79.9. The summed E-state index contributed by atoms with van der Waals surface area (Å²) in [5.74, 6) is 2.07. The van der Waals surface area contributed by atoms with Gasteiger partial charge in [-0.25, -0.2) is 14.8 Å². The van der Waals surface area contributed by atoms with E-state index in [1.807, 2.05) is 45.9 Å². The lowest BCUT2D eigenvalue weighted by molar-refractivity contribution is 0.0564. The lowest BCUT2D eigenvalue weighted by atomic mass is 9.79. The summed E-state index contributed by atoms with van der Waals surface area (Å²) in [4.78, 5) is 21.8. The summed E-state index contributed by atoms with van der Waals surface area (Å²) in [6.45, 7) is 7.55. The van der Waals surface area contributed by atoms with E-state index < -0.39 is 17.2 Å². The van der Waals surface area contributed by atoms with Crippen molar-refractivity contribution >= 4 is 39.0 Å². The van der Waals surface area contributed by atoms with E-state index in [4.69, 9.17) is 14.5 Å². The summed E-state index contributed by atoms with van der Waals surface area (Å²) < 4.78 is 12.3. The number of aromatic nitrogens is 1. The average molecular weight is 476 g/mol. The van der Waals surface area contributed by atoms with Crippen molar-refractivity contribution in [3.05, 3.63) is 51.6 Å². The Labute approximate surface area is 182 Å². The highest BCUT2D eigenvalue weighted by Crippen LogP contribution is 2.52. The lowest BCUT2D eigenvalue weighted by Gasteiger charge is -2.39. The quantitative estimate of drug-likeness (QED) is 0.542. The fraction of sp³-hybridized carbons (Fsp3) is 0.381. The van der Waals surface area contributed by atoms with Crippen LogP contribution in [-0.4, -0.2) is 27.6 Å². The van der Waals surface area contributed by atoms with Gasteiger partial charge in [0.15, 0.2) is 5.17 Å². The third-order valence-electron chi connectivity index (χ3n) is 4.65. The molecule has 2 aliphatic rings. The highest BCUT2D eigenvalue weighted by molar-refractivity contribution is 9.10. The summed E-state index contributed by atoms with van der Waals surface area (Å²) in [5.41, 5.74) is 1.72. The van der Waals surface area contributed by atoms with Crippen LogP contribution in [0, 0.1) is 6.92 Å². The minimum absolute atomic E-state index is 0.509. The maximum Gasteiger partial charge on any atom is 0.413 e. The first-order valence-electron chi connectivity index (χ1n) is 9.34. The molecule has 152 valence electrons. The number of hydrogen-bond acceptors (Lipinski definition) is 6. The first-order chi connectivity index (χ1) is 13.7. The summed E-state index contributed by atoms with van der Waals surface area (Å²) in [6.07, 6.45) is 1.97. The smallest absolute Gasteiger partial charge is 0.413 e. The van der Waals surface area contributed by atoms with E-state index in [-0.39, 0.29) is 0 Å². The van der Waals surface area contributed by atoms with Gasteiger partial charge in [0.25, 0.3) is 0 Å². The number of aryl methyl sites for hydroxylation is 1. The summed E-state index contributed by atoms with van der Waals surface area (Å²) >= 11 is 5.03. The molecule has 1 amide bonds. The number of nitrogens with one attached hydrogen (secondary N) is 1. The second-order valence-corrected chi connectivity index (χ2v) is 10.1. The average Bonchev–Trinajstić information content (AvgIpc) is 2.62. The molecule has 0 bridgehead atoms. The van der Waals surface area contributed by atoms with Gasteiger partial charge < -0.3 is 9.47 Å². The molecule has 1 unspecified atom stereocenters. The fourth-order valence-corrected chi connectivity index (χ4v) is 4.81. The predicted octanol–water partition coefficient (Wildman–Crippen LogP) is 5.52. The van der Waals surface area contributed by atoms with Gasteiger partial charge in [0.1, 0.15) is 16.9 Å². The van der Waals surface area contributed by atoms with Crippen LogP contribution < -0.4 is 10.1 Å². The molecule has 1 aromatic carbocycles. The van der Waals surface area contributed by atoms with E-state index in [0.29, 0.717) is 11.0 Å². The van der Waals surface area contributed by atoms with Gasteiger partial charge in [-0.05, 0) is 68.2 Å². The number of carbonyl (C=O) groups excluding carboxylic acids is 1. The molecule has 1 N–H and O–H groups in total. The van der Waals surface area contributed by atoms with Gasteiger partial charge in [-0.2, -0.15) is 0 Å². The number of fused-ring (bicyclic) bond motifs is 4. The van der Waals surface area contributed by atoms with Crippen molar-refractivity contribution in [2.45, 2.75) is 45.3 Å². The van der Waals surface area contributed by atoms with Crippen molar-refractivity contribution in [3.8, 4) is 11.6 Å². The Morgan fingerprint density at radius 1 is 1.31 bits per heavy atom. The molecule has 4 rings (SSSR count). The van der Waals surface area contributed by atoms with Gasteiger partial charge in [0, 0.05) is 27.5 Å². The molecular formula is C21H22BrN3O3S. The third kappa shape index (κ3) is 4.00. The number of thioether (sulfide) groups is 1. The molecule has 29 heavy (non-hydrogen) atoms. The summed E-state index contributed by atoms with van der Waals surface area (Å²) in [7, 11) is 0. The van der Waals surface area contributed by atoms with Crippen LogP contribution in [0.4, 0.5) is 4.79 Å². The van der Waals surface area contributed by atoms with Crippen molar-refractivity contribution in [2.24, 2.45) is 4.99 Å². The maximum atomic E-state index is 12.3. The Morgan fingerprint density at radius 3 is 2.86 bits per heavy atom. The topological polar surface area (TPSA) is 72.8 Å². The zero-order chi connectivity index (χ0) is 20.8. The molecule has 1 atom stereocenters. The number of amidine groups is 1. The number of amides is 1. The second kappa shape index (κ2) is 7.32. The van der Waals surface area contributed by atoms with Gasteiger partial charge in [-0.3, -0.25) is 5.32 Å². The van der Waals surface area contributed by atoms with E-state index >= 15 is 0 Å². The van der Waals surface area contributed by atoms with Crippen LogP contribution in [-0.2, 0) is 10.3 Å². The zero-order valence-electron chi connectivity index (χ0n) is 16.7. The summed E-state index contributed by atoms with van der Waals surface area (Å²) in [5, 5.41) is 3.35. The molecule has 0 aliphatic carbocycles. The predicted molar refractivity (Wildman–Crippen MR) is 118 cm³/mol. The van der Waals surface area contributed by atoms with Crippen LogP contribution in [0.1, 0.15) is 43.9 Å². The highest BCUT2D eigenvalue weighted by Gasteiger charge is 2.45. The van der Waals surface area contributed by atoms with Gasteiger partial charge in [0.2, 0.25) is 5.88 Å². The maximum absolute atomic E-state index is 12.3. The summed E-state index contributed by atoms with van der Waals surface area (Å²) in [6, 6.07) is 8.07. The number of alkyl carbamates (subject to hydrolysis) is 1. The molecule has 0 radical (unpaired) electrons. The Balaban J connectivity index is 1.82. The molecule has 3 heterocycles. The molecule has 6 nitrogen and oxygen atoms in total. The minimum atomic E-state index is -0.679. The Hall–Kier alpha value is -2.06. The molecule has 0 saturated carbocycles. The number of halogens is 1. The molecular weight excluding hydrogens is 454 g/mol. The van der Waals surface area contributed by atoms with Gasteiger partial charge in [0.05, 0.1) is 0 Å². The number of ether oxygens (including phenoxy) is 2. The lowest BCUT2D eigenvalue weighted by Crippen LogP contribution is -2.41. The van der Waals surface area contributed by atoms with Crippen molar-refractivity contribution < 1.29 is 14.3 Å². The van der Waals surface area contributed by atoms with Crippen LogP contribution in [0.25, 0.3) is 0 Å². The van der Waals surface area contributed by atoms with E-state index in [0.717, 1.165) is 39.1 Å². The van der Waals surface area contributed by atoms with Crippen LogP contribution in [0.5, 0.6) is 11.6 Å². The van der Waals surface area contributed by atoms with Crippen molar-refractivity contribution in [3.63, 3.8) is 0 Å². The Kier molecular flexibility index (Phi) is 5.11. The van der Waals surface area contributed by atoms with E-state index in [2.05, 4.69) is 32.3 Å². The number of carbonyl (C=O) groups is 1. The molecule has 2 aliphatic heterocycles. The third-order valence-corrected chi connectivity index (χ3v) is 5.96. The molecule has 2 aromatic rings. The van der Waals surface area contributed by atoms with E-state index in [1.54, 1.807) is 6.20 Å². The number of aliphatic imine (C=N–C) groups is 1. The normalized spacial score (nSPS) is 20.2. The van der Waals surface area contributed by atoms with E-state index in [9.17, 15) is 4.79 Å². The Bertz CT molecular complexity index is 965. The number of nitrogens with zero attached hydrogens (tertiary/aromatic N) is 2. The minimum Gasteiger partial charge on any atom is -0.444 e. The molecule has 0 fully saturated rings. The van der Waals surface area contributed by atoms with E-state index in [1.165, 1.54) is 11.8 Å². The largest absolute Gasteiger partial charge is 0.444 e. The first-order valence-corrected chi connectivity index (χ1v) is 11.1. The SMILES string of the molecule is Cc1ccc2c(c1)C1(CCSC(NC(=O)OC(C)(C)C)=N1)c1cc(Br)cnc1O2.